The highest BCUT2D eigenvalue weighted by Gasteiger charge is 2.22. The summed E-state index contributed by atoms with van der Waals surface area (Å²) < 4.78 is 4.92. The van der Waals surface area contributed by atoms with Crippen LogP contribution in [0.1, 0.15) is 55.7 Å². The minimum atomic E-state index is -0.200. The molecular formula is C12H20N2O2. The summed E-state index contributed by atoms with van der Waals surface area (Å²) in [5.74, 6) is 0.493. The molecule has 0 radical (unpaired) electrons. The standard InChI is InChI=1S/C12H20N2O2/c13-8-4-7-10-11(14-16-12(10)15)9-5-2-1-3-6-9/h9,14H,1-8,13H2. The molecule has 16 heavy (non-hydrogen) atoms. The van der Waals surface area contributed by atoms with E-state index in [1.165, 1.54) is 32.1 Å². The van der Waals surface area contributed by atoms with Crippen LogP contribution in [0.3, 0.4) is 0 Å². The van der Waals surface area contributed by atoms with Crippen LogP contribution < -0.4 is 11.4 Å². The van der Waals surface area contributed by atoms with Crippen molar-refractivity contribution < 1.29 is 4.52 Å². The van der Waals surface area contributed by atoms with Crippen molar-refractivity contribution in [3.8, 4) is 0 Å². The molecule has 1 aliphatic carbocycles. The van der Waals surface area contributed by atoms with Crippen molar-refractivity contribution in [2.75, 3.05) is 6.54 Å². The molecule has 1 saturated carbocycles. The number of hydrogen-bond donors (Lipinski definition) is 2. The summed E-state index contributed by atoms with van der Waals surface area (Å²) in [6.07, 6.45) is 7.77. The Morgan fingerprint density at radius 1 is 1.31 bits per heavy atom. The molecule has 1 aromatic heterocycles. The third-order valence-electron chi connectivity index (χ3n) is 3.47. The molecule has 0 spiro atoms. The number of aromatic nitrogens is 1. The minimum Gasteiger partial charge on any atom is -0.339 e. The molecule has 3 N–H and O–H groups in total. The molecule has 0 saturated heterocycles. The molecule has 0 aromatic carbocycles. The van der Waals surface area contributed by atoms with E-state index >= 15 is 0 Å². The van der Waals surface area contributed by atoms with E-state index in [0.29, 0.717) is 12.5 Å². The molecule has 4 nitrogen and oxygen atoms in total. The van der Waals surface area contributed by atoms with Gasteiger partial charge in [-0.25, -0.2) is 9.95 Å². The quantitative estimate of drug-likeness (QED) is 0.820. The SMILES string of the molecule is NCCCc1c(C2CCCCC2)[nH]oc1=O. The van der Waals surface area contributed by atoms with Crippen molar-refractivity contribution in [2.45, 2.75) is 50.9 Å². The maximum atomic E-state index is 11.5. The van der Waals surface area contributed by atoms with Crippen LogP contribution in [0.4, 0.5) is 0 Å². The van der Waals surface area contributed by atoms with Crippen LogP contribution in [-0.4, -0.2) is 11.7 Å². The minimum absolute atomic E-state index is 0.200. The lowest BCUT2D eigenvalue weighted by Gasteiger charge is -2.20. The van der Waals surface area contributed by atoms with E-state index < -0.39 is 0 Å². The van der Waals surface area contributed by atoms with Crippen molar-refractivity contribution in [3.63, 3.8) is 0 Å². The van der Waals surface area contributed by atoms with Gasteiger partial charge >= 0.3 is 5.63 Å². The molecule has 2 rings (SSSR count). The number of nitrogens with one attached hydrogen (secondary N) is 1. The number of nitrogens with two attached hydrogens (primary N) is 1. The zero-order valence-corrected chi connectivity index (χ0v) is 9.63. The van der Waals surface area contributed by atoms with E-state index in [4.69, 9.17) is 10.3 Å². The Kier molecular flexibility index (Phi) is 3.83. The summed E-state index contributed by atoms with van der Waals surface area (Å²) in [4.78, 5) is 11.5. The van der Waals surface area contributed by atoms with Crippen molar-refractivity contribution in [2.24, 2.45) is 5.73 Å². The van der Waals surface area contributed by atoms with Crippen LogP contribution >= 0.6 is 0 Å². The Hall–Kier alpha value is -1.03. The summed E-state index contributed by atoms with van der Waals surface area (Å²) in [5.41, 5.74) is 7.15. The first-order valence-corrected chi connectivity index (χ1v) is 6.23. The Morgan fingerprint density at radius 3 is 2.75 bits per heavy atom. The van der Waals surface area contributed by atoms with Crippen molar-refractivity contribution in [1.29, 1.82) is 0 Å². The Morgan fingerprint density at radius 2 is 2.06 bits per heavy atom. The fourth-order valence-electron chi connectivity index (χ4n) is 2.57. The van der Waals surface area contributed by atoms with E-state index in [9.17, 15) is 4.79 Å². The third kappa shape index (κ3) is 2.38. The van der Waals surface area contributed by atoms with Crippen molar-refractivity contribution >= 4 is 0 Å². The largest absolute Gasteiger partial charge is 0.360 e. The predicted molar refractivity (Wildman–Crippen MR) is 62.5 cm³/mol. The van der Waals surface area contributed by atoms with Gasteiger partial charge in [0.1, 0.15) is 0 Å². The molecule has 1 aromatic rings. The molecule has 1 fully saturated rings. The van der Waals surface area contributed by atoms with Gasteiger partial charge in [-0.3, -0.25) is 0 Å². The normalized spacial score (nSPS) is 17.8. The number of aromatic amines is 1. The number of hydrogen-bond acceptors (Lipinski definition) is 3. The fourth-order valence-corrected chi connectivity index (χ4v) is 2.57. The van der Waals surface area contributed by atoms with E-state index in [1.54, 1.807) is 0 Å². The van der Waals surface area contributed by atoms with Gasteiger partial charge in [0, 0.05) is 5.92 Å². The second kappa shape index (κ2) is 5.34. The molecular weight excluding hydrogens is 204 g/mol. The average molecular weight is 224 g/mol. The van der Waals surface area contributed by atoms with Gasteiger partial charge in [0.2, 0.25) is 0 Å². The van der Waals surface area contributed by atoms with E-state index in [1.807, 2.05) is 0 Å². The highest BCUT2D eigenvalue weighted by Crippen LogP contribution is 2.32. The summed E-state index contributed by atoms with van der Waals surface area (Å²) >= 11 is 0. The molecule has 0 aliphatic heterocycles. The molecule has 0 bridgehead atoms. The average Bonchev–Trinajstić information content (AvgIpc) is 2.69. The Labute approximate surface area is 95.2 Å². The van der Waals surface area contributed by atoms with Crippen LogP contribution in [0.5, 0.6) is 0 Å². The van der Waals surface area contributed by atoms with Crippen molar-refractivity contribution in [1.82, 2.24) is 5.16 Å². The van der Waals surface area contributed by atoms with Gasteiger partial charge in [-0.1, -0.05) is 19.3 Å². The molecule has 0 amide bonds. The summed E-state index contributed by atoms with van der Waals surface area (Å²) in [7, 11) is 0. The zero-order valence-electron chi connectivity index (χ0n) is 9.63. The van der Waals surface area contributed by atoms with Gasteiger partial charge in [-0.2, -0.15) is 0 Å². The van der Waals surface area contributed by atoms with Crippen LogP contribution in [0.25, 0.3) is 0 Å². The number of H-pyrrole nitrogens is 1. The molecule has 0 unspecified atom stereocenters. The van der Waals surface area contributed by atoms with E-state index in [2.05, 4.69) is 5.16 Å². The first-order chi connectivity index (χ1) is 7.83. The summed E-state index contributed by atoms with van der Waals surface area (Å²) in [6.45, 7) is 0.620. The summed E-state index contributed by atoms with van der Waals surface area (Å²) in [5, 5.41) is 2.82. The topological polar surface area (TPSA) is 72.0 Å². The second-order valence-electron chi connectivity index (χ2n) is 4.61. The summed E-state index contributed by atoms with van der Waals surface area (Å²) in [6, 6.07) is 0. The molecule has 1 heterocycles. The lowest BCUT2D eigenvalue weighted by molar-refractivity contribution is 0.363. The van der Waals surface area contributed by atoms with Gasteiger partial charge in [0.15, 0.2) is 0 Å². The second-order valence-corrected chi connectivity index (χ2v) is 4.61. The predicted octanol–water partition coefficient (Wildman–Crippen LogP) is 1.91. The first-order valence-electron chi connectivity index (χ1n) is 6.23. The smallest absolute Gasteiger partial charge is 0.339 e. The van der Waals surface area contributed by atoms with Gasteiger partial charge in [-0.15, -0.1) is 0 Å². The fraction of sp³-hybridized carbons (Fsp3) is 0.750. The van der Waals surface area contributed by atoms with Gasteiger partial charge in [0.05, 0.1) is 11.3 Å². The Balaban J connectivity index is 2.15. The van der Waals surface area contributed by atoms with Gasteiger partial charge in [0.25, 0.3) is 0 Å². The van der Waals surface area contributed by atoms with E-state index in [-0.39, 0.29) is 5.63 Å². The van der Waals surface area contributed by atoms with Gasteiger partial charge in [-0.05, 0) is 32.2 Å². The lowest BCUT2D eigenvalue weighted by atomic mass is 9.85. The van der Waals surface area contributed by atoms with Gasteiger partial charge < -0.3 is 10.3 Å². The van der Waals surface area contributed by atoms with Crippen LogP contribution in [0.15, 0.2) is 9.32 Å². The molecule has 4 heteroatoms. The van der Waals surface area contributed by atoms with Crippen molar-refractivity contribution in [3.05, 3.63) is 21.7 Å². The highest BCUT2D eigenvalue weighted by atomic mass is 16.5. The molecule has 1 aliphatic rings. The highest BCUT2D eigenvalue weighted by molar-refractivity contribution is 5.20. The monoisotopic (exact) mass is 224 g/mol. The molecule has 90 valence electrons. The zero-order chi connectivity index (χ0) is 11.4. The third-order valence-corrected chi connectivity index (χ3v) is 3.47. The van der Waals surface area contributed by atoms with Crippen LogP contribution in [0, 0.1) is 0 Å². The maximum absolute atomic E-state index is 11.5. The van der Waals surface area contributed by atoms with E-state index in [0.717, 1.165) is 24.1 Å². The number of rotatable bonds is 4. The van der Waals surface area contributed by atoms with Crippen LogP contribution in [0.2, 0.25) is 0 Å². The molecule has 0 atom stereocenters. The lowest BCUT2D eigenvalue weighted by Crippen LogP contribution is -2.12. The first kappa shape index (κ1) is 11.5. The Bertz CT molecular complexity index is 375. The van der Waals surface area contributed by atoms with Crippen LogP contribution in [-0.2, 0) is 6.42 Å². The maximum Gasteiger partial charge on any atom is 0.360 e.